The van der Waals surface area contributed by atoms with Crippen molar-refractivity contribution in [1.82, 2.24) is 0 Å². The highest BCUT2D eigenvalue weighted by atomic mass is 35.5. The van der Waals surface area contributed by atoms with Crippen LogP contribution in [-0.2, 0) is 14.8 Å². The van der Waals surface area contributed by atoms with Crippen LogP contribution in [-0.4, -0.2) is 32.6 Å². The van der Waals surface area contributed by atoms with E-state index in [4.69, 9.17) is 33.0 Å². The lowest BCUT2D eigenvalue weighted by atomic mass is 10.2. The Morgan fingerprint density at radius 3 is 2.43 bits per heavy atom. The minimum absolute atomic E-state index is 0.0212. The van der Waals surface area contributed by atoms with Gasteiger partial charge in [-0.1, -0.05) is 30.1 Å². The maximum absolute atomic E-state index is 13.2. The van der Waals surface area contributed by atoms with Gasteiger partial charge in [-0.2, -0.15) is 0 Å². The Hall–Kier alpha value is -1.96. The lowest BCUT2D eigenvalue weighted by Crippen LogP contribution is -2.32. The van der Waals surface area contributed by atoms with Gasteiger partial charge in [0.15, 0.2) is 0 Å². The van der Waals surface area contributed by atoms with Gasteiger partial charge in [-0.15, -0.1) is 0 Å². The molecule has 0 radical (unpaired) electrons. The molecule has 0 aliphatic carbocycles. The Bertz CT molecular complexity index is 916. The third-order valence-corrected chi connectivity index (χ3v) is 6.35. The van der Waals surface area contributed by atoms with Crippen molar-refractivity contribution in [3.8, 4) is 5.75 Å². The van der Waals surface area contributed by atoms with Crippen molar-refractivity contribution in [2.45, 2.75) is 31.1 Å². The predicted molar refractivity (Wildman–Crippen MR) is 110 cm³/mol. The second-order valence-corrected chi connectivity index (χ2v) is 8.67. The van der Waals surface area contributed by atoms with Crippen LogP contribution >= 0.6 is 23.2 Å². The van der Waals surface area contributed by atoms with Crippen LogP contribution in [0.3, 0.4) is 0 Å². The van der Waals surface area contributed by atoms with Crippen LogP contribution in [0.15, 0.2) is 47.4 Å². The molecule has 0 unspecified atom stereocenters. The van der Waals surface area contributed by atoms with Crippen LogP contribution in [0.1, 0.15) is 26.2 Å². The first-order valence-corrected chi connectivity index (χ1v) is 10.9. The number of nitrogens with zero attached hydrogens (tertiary/aromatic N) is 1. The first-order chi connectivity index (χ1) is 13.3. The molecule has 1 N–H and O–H groups in total. The number of benzene rings is 2. The number of ether oxygens (including phenoxy) is 1. The standard InChI is InChI=1S/C19H21Cl2NO5S/c1-2-12-27-16-8-6-15(7-9-16)22(11-3-4-19(23)24)28(25,26)18-13-14(20)5-10-17(18)21/h5-10,13H,2-4,11-12H2,1H3,(H,23,24). The lowest BCUT2D eigenvalue weighted by molar-refractivity contribution is -0.137. The van der Waals surface area contributed by atoms with Crippen molar-refractivity contribution < 1.29 is 23.1 Å². The molecule has 0 bridgehead atoms. The maximum atomic E-state index is 13.2. The molecule has 0 spiro atoms. The molecule has 152 valence electrons. The zero-order valence-electron chi connectivity index (χ0n) is 15.3. The van der Waals surface area contributed by atoms with E-state index < -0.39 is 16.0 Å². The van der Waals surface area contributed by atoms with Crippen LogP contribution in [0.2, 0.25) is 10.0 Å². The third-order valence-electron chi connectivity index (χ3n) is 3.81. The van der Waals surface area contributed by atoms with E-state index >= 15 is 0 Å². The SMILES string of the molecule is CCCOc1ccc(N(CCCC(=O)O)S(=O)(=O)c2cc(Cl)ccc2Cl)cc1. The zero-order chi connectivity index (χ0) is 20.7. The number of sulfonamides is 1. The molecule has 6 nitrogen and oxygen atoms in total. The first-order valence-electron chi connectivity index (χ1n) is 8.68. The van der Waals surface area contributed by atoms with Crippen molar-refractivity contribution in [3.05, 3.63) is 52.5 Å². The predicted octanol–water partition coefficient (Wildman–Crippen LogP) is 4.84. The van der Waals surface area contributed by atoms with E-state index in [1.54, 1.807) is 24.3 Å². The molecule has 0 aliphatic heterocycles. The quantitative estimate of drug-likeness (QED) is 0.565. The van der Waals surface area contributed by atoms with Crippen LogP contribution < -0.4 is 9.04 Å². The van der Waals surface area contributed by atoms with E-state index in [2.05, 4.69) is 0 Å². The van der Waals surface area contributed by atoms with Gasteiger partial charge >= 0.3 is 5.97 Å². The number of hydrogen-bond acceptors (Lipinski definition) is 4. The molecule has 9 heteroatoms. The summed E-state index contributed by atoms with van der Waals surface area (Å²) in [5.74, 6) is -0.379. The topological polar surface area (TPSA) is 83.9 Å². The average molecular weight is 446 g/mol. The summed E-state index contributed by atoms with van der Waals surface area (Å²) < 4.78 is 33.1. The minimum atomic E-state index is -4.05. The molecule has 0 saturated carbocycles. The van der Waals surface area contributed by atoms with Gasteiger partial charge in [0.25, 0.3) is 10.0 Å². The zero-order valence-corrected chi connectivity index (χ0v) is 17.6. The molecule has 0 atom stereocenters. The molecule has 2 rings (SSSR count). The molecule has 0 amide bonds. The fourth-order valence-electron chi connectivity index (χ4n) is 2.48. The van der Waals surface area contributed by atoms with E-state index in [0.717, 1.165) is 10.7 Å². The van der Waals surface area contributed by atoms with E-state index in [0.29, 0.717) is 18.0 Å². The molecule has 0 aromatic heterocycles. The molecule has 0 saturated heterocycles. The fourth-order valence-corrected chi connectivity index (χ4v) is 4.73. The number of rotatable bonds is 10. The van der Waals surface area contributed by atoms with Gasteiger partial charge in [0, 0.05) is 18.0 Å². The Labute approximate surface area is 174 Å². The number of carboxylic acid groups (broad SMARTS) is 1. The highest BCUT2D eigenvalue weighted by molar-refractivity contribution is 7.93. The van der Waals surface area contributed by atoms with Gasteiger partial charge in [-0.05, 0) is 55.3 Å². The van der Waals surface area contributed by atoms with E-state index in [-0.39, 0.29) is 34.3 Å². The molecule has 28 heavy (non-hydrogen) atoms. The van der Waals surface area contributed by atoms with Gasteiger partial charge in [0.1, 0.15) is 10.6 Å². The summed E-state index contributed by atoms with van der Waals surface area (Å²) in [6, 6.07) is 10.8. The summed E-state index contributed by atoms with van der Waals surface area (Å²) in [6.45, 7) is 2.52. The lowest BCUT2D eigenvalue weighted by Gasteiger charge is -2.25. The monoisotopic (exact) mass is 445 g/mol. The molecule has 0 fully saturated rings. The Balaban J connectivity index is 2.40. The molecule has 0 aliphatic rings. The fraction of sp³-hybridized carbons (Fsp3) is 0.316. The van der Waals surface area contributed by atoms with E-state index in [1.165, 1.54) is 18.2 Å². The first kappa shape index (κ1) is 22.3. The Morgan fingerprint density at radius 1 is 1.14 bits per heavy atom. The maximum Gasteiger partial charge on any atom is 0.303 e. The van der Waals surface area contributed by atoms with Crippen molar-refractivity contribution >= 4 is 44.9 Å². The number of anilines is 1. The molecule has 2 aromatic carbocycles. The largest absolute Gasteiger partial charge is 0.494 e. The summed E-state index contributed by atoms with van der Waals surface area (Å²) in [7, 11) is -4.05. The van der Waals surface area contributed by atoms with Crippen molar-refractivity contribution in [3.63, 3.8) is 0 Å². The van der Waals surface area contributed by atoms with Crippen molar-refractivity contribution in [2.75, 3.05) is 17.5 Å². The summed E-state index contributed by atoms with van der Waals surface area (Å²) >= 11 is 12.1. The Morgan fingerprint density at radius 2 is 1.82 bits per heavy atom. The Kier molecular flexibility index (Phi) is 7.98. The summed E-state index contributed by atoms with van der Waals surface area (Å²) in [5.41, 5.74) is 0.380. The summed E-state index contributed by atoms with van der Waals surface area (Å²) in [6.07, 6.45) is 0.832. The van der Waals surface area contributed by atoms with Gasteiger partial charge < -0.3 is 9.84 Å². The number of hydrogen-bond donors (Lipinski definition) is 1. The van der Waals surface area contributed by atoms with Gasteiger partial charge in [0.05, 0.1) is 17.3 Å². The van der Waals surface area contributed by atoms with Gasteiger partial charge in [-0.3, -0.25) is 9.10 Å². The second kappa shape index (κ2) is 10.0. The van der Waals surface area contributed by atoms with Crippen LogP contribution in [0.5, 0.6) is 5.75 Å². The number of halogens is 2. The van der Waals surface area contributed by atoms with Gasteiger partial charge in [-0.25, -0.2) is 8.42 Å². The van der Waals surface area contributed by atoms with Crippen LogP contribution in [0, 0.1) is 0 Å². The molecule has 2 aromatic rings. The van der Waals surface area contributed by atoms with Crippen molar-refractivity contribution in [1.29, 1.82) is 0 Å². The highest BCUT2D eigenvalue weighted by Gasteiger charge is 2.27. The van der Waals surface area contributed by atoms with Gasteiger partial charge in [0.2, 0.25) is 0 Å². The van der Waals surface area contributed by atoms with Crippen LogP contribution in [0.4, 0.5) is 5.69 Å². The van der Waals surface area contributed by atoms with E-state index in [9.17, 15) is 13.2 Å². The average Bonchev–Trinajstić information content (AvgIpc) is 2.65. The highest BCUT2D eigenvalue weighted by Crippen LogP contribution is 2.31. The number of aliphatic carboxylic acids is 1. The molecule has 0 heterocycles. The van der Waals surface area contributed by atoms with Crippen LogP contribution in [0.25, 0.3) is 0 Å². The molecular formula is C19H21Cl2NO5S. The normalized spacial score (nSPS) is 11.2. The van der Waals surface area contributed by atoms with Crippen molar-refractivity contribution in [2.24, 2.45) is 0 Å². The third kappa shape index (κ3) is 5.77. The molecular weight excluding hydrogens is 425 g/mol. The second-order valence-electron chi connectivity index (χ2n) is 5.99. The smallest absolute Gasteiger partial charge is 0.303 e. The minimum Gasteiger partial charge on any atom is -0.494 e. The summed E-state index contributed by atoms with van der Waals surface area (Å²) in [4.78, 5) is 10.7. The van der Waals surface area contributed by atoms with E-state index in [1.807, 2.05) is 6.92 Å². The number of carboxylic acids is 1. The number of carbonyl (C=O) groups is 1. The summed E-state index contributed by atoms with van der Waals surface area (Å²) in [5, 5.41) is 9.16.